The van der Waals surface area contributed by atoms with Gasteiger partial charge in [0.15, 0.2) is 0 Å². The summed E-state index contributed by atoms with van der Waals surface area (Å²) in [4.78, 5) is 0. The minimum atomic E-state index is 0.310. The standard InChI is InChI=1S/C28H42O4/c29-21-9-5-1-3-7-11-23-31-27-17-13-25(14-18-27)26-15-19-28(20-16-26)32-24-12-8-4-2-6-10-22-30/h13-20,29-30H,1-12,21-24H2. The highest BCUT2D eigenvalue weighted by molar-refractivity contribution is 5.64. The molecule has 2 rings (SSSR count). The molecule has 0 radical (unpaired) electrons. The lowest BCUT2D eigenvalue weighted by Crippen LogP contribution is -1.97. The van der Waals surface area contributed by atoms with Crippen molar-refractivity contribution in [2.24, 2.45) is 0 Å². The van der Waals surface area contributed by atoms with Gasteiger partial charge < -0.3 is 19.7 Å². The molecule has 0 spiro atoms. The van der Waals surface area contributed by atoms with E-state index in [9.17, 15) is 0 Å². The van der Waals surface area contributed by atoms with E-state index in [-0.39, 0.29) is 0 Å². The van der Waals surface area contributed by atoms with E-state index in [1.165, 1.54) is 49.7 Å². The van der Waals surface area contributed by atoms with E-state index in [0.29, 0.717) is 13.2 Å². The molecule has 0 aliphatic carbocycles. The molecule has 0 saturated carbocycles. The highest BCUT2D eigenvalue weighted by Crippen LogP contribution is 2.25. The van der Waals surface area contributed by atoms with Crippen molar-refractivity contribution < 1.29 is 19.7 Å². The quantitative estimate of drug-likeness (QED) is 0.236. The minimum absolute atomic E-state index is 0.310. The lowest BCUT2D eigenvalue weighted by Gasteiger charge is -2.09. The van der Waals surface area contributed by atoms with Crippen LogP contribution in [0.2, 0.25) is 0 Å². The summed E-state index contributed by atoms with van der Waals surface area (Å²) in [5, 5.41) is 17.6. The number of hydrogen-bond acceptors (Lipinski definition) is 4. The fourth-order valence-corrected chi connectivity index (χ4v) is 3.71. The topological polar surface area (TPSA) is 58.9 Å². The van der Waals surface area contributed by atoms with Gasteiger partial charge >= 0.3 is 0 Å². The summed E-state index contributed by atoms with van der Waals surface area (Å²) in [7, 11) is 0. The number of aliphatic hydroxyl groups excluding tert-OH is 2. The van der Waals surface area contributed by atoms with Crippen LogP contribution >= 0.6 is 0 Å². The Labute approximate surface area is 194 Å². The van der Waals surface area contributed by atoms with Crippen LogP contribution in [0.4, 0.5) is 0 Å². The molecule has 0 fully saturated rings. The highest BCUT2D eigenvalue weighted by atomic mass is 16.5. The zero-order chi connectivity index (χ0) is 22.7. The van der Waals surface area contributed by atoms with Gasteiger partial charge in [-0.15, -0.1) is 0 Å². The van der Waals surface area contributed by atoms with Gasteiger partial charge in [0, 0.05) is 13.2 Å². The maximum atomic E-state index is 8.78. The monoisotopic (exact) mass is 442 g/mol. The summed E-state index contributed by atoms with van der Waals surface area (Å²) < 4.78 is 11.7. The molecule has 0 saturated heterocycles. The molecular weight excluding hydrogens is 400 g/mol. The van der Waals surface area contributed by atoms with Crippen LogP contribution in [0.25, 0.3) is 11.1 Å². The minimum Gasteiger partial charge on any atom is -0.494 e. The fraction of sp³-hybridized carbons (Fsp3) is 0.571. The summed E-state index contributed by atoms with van der Waals surface area (Å²) in [6, 6.07) is 16.6. The average Bonchev–Trinajstić information content (AvgIpc) is 2.83. The van der Waals surface area contributed by atoms with Gasteiger partial charge in [-0.1, -0.05) is 75.6 Å². The second kappa shape index (κ2) is 17.5. The van der Waals surface area contributed by atoms with E-state index >= 15 is 0 Å². The van der Waals surface area contributed by atoms with Crippen molar-refractivity contribution in [3.05, 3.63) is 48.5 Å². The molecule has 0 aromatic heterocycles. The molecule has 178 valence electrons. The van der Waals surface area contributed by atoms with E-state index in [4.69, 9.17) is 19.7 Å². The fourth-order valence-electron chi connectivity index (χ4n) is 3.71. The number of benzene rings is 2. The van der Waals surface area contributed by atoms with Crippen molar-refractivity contribution in [2.75, 3.05) is 26.4 Å². The molecule has 2 aromatic rings. The molecular formula is C28H42O4. The summed E-state index contributed by atoms with van der Waals surface area (Å²) in [5.41, 5.74) is 2.35. The largest absolute Gasteiger partial charge is 0.494 e. The maximum absolute atomic E-state index is 8.78. The summed E-state index contributed by atoms with van der Waals surface area (Å²) in [6.07, 6.45) is 13.4. The number of aliphatic hydroxyl groups is 2. The van der Waals surface area contributed by atoms with Crippen molar-refractivity contribution in [1.82, 2.24) is 0 Å². The van der Waals surface area contributed by atoms with Crippen LogP contribution in [-0.2, 0) is 0 Å². The van der Waals surface area contributed by atoms with Crippen molar-refractivity contribution in [3.63, 3.8) is 0 Å². The van der Waals surface area contributed by atoms with Crippen LogP contribution in [-0.4, -0.2) is 36.6 Å². The molecule has 0 amide bonds. The van der Waals surface area contributed by atoms with Gasteiger partial charge in [-0.05, 0) is 61.1 Å². The van der Waals surface area contributed by atoms with Crippen LogP contribution < -0.4 is 9.47 Å². The second-order valence-electron chi connectivity index (χ2n) is 8.44. The van der Waals surface area contributed by atoms with Gasteiger partial charge in [-0.3, -0.25) is 0 Å². The lowest BCUT2D eigenvalue weighted by molar-refractivity contribution is 0.280. The van der Waals surface area contributed by atoms with Crippen molar-refractivity contribution in [3.8, 4) is 22.6 Å². The summed E-state index contributed by atoms with van der Waals surface area (Å²) >= 11 is 0. The average molecular weight is 443 g/mol. The first-order valence-corrected chi connectivity index (χ1v) is 12.5. The zero-order valence-electron chi connectivity index (χ0n) is 19.6. The van der Waals surface area contributed by atoms with Crippen molar-refractivity contribution >= 4 is 0 Å². The Morgan fingerprint density at radius 2 is 0.719 bits per heavy atom. The molecule has 4 nitrogen and oxygen atoms in total. The van der Waals surface area contributed by atoms with Crippen molar-refractivity contribution in [2.45, 2.75) is 77.0 Å². The third-order valence-corrected chi connectivity index (χ3v) is 5.68. The van der Waals surface area contributed by atoms with Gasteiger partial charge in [0.2, 0.25) is 0 Å². The Kier molecular flexibility index (Phi) is 14.3. The number of unbranched alkanes of at least 4 members (excludes halogenated alkanes) is 10. The van der Waals surface area contributed by atoms with Crippen LogP contribution in [0, 0.1) is 0 Å². The maximum Gasteiger partial charge on any atom is 0.119 e. The second-order valence-corrected chi connectivity index (χ2v) is 8.44. The first-order chi connectivity index (χ1) is 15.8. The van der Waals surface area contributed by atoms with Gasteiger partial charge in [0.25, 0.3) is 0 Å². The predicted molar refractivity (Wildman–Crippen MR) is 132 cm³/mol. The van der Waals surface area contributed by atoms with Crippen LogP contribution in [0.15, 0.2) is 48.5 Å². The first kappa shape index (κ1) is 26.2. The highest BCUT2D eigenvalue weighted by Gasteiger charge is 2.01. The lowest BCUT2D eigenvalue weighted by atomic mass is 10.1. The van der Waals surface area contributed by atoms with Gasteiger partial charge in [-0.25, -0.2) is 0 Å². The molecule has 0 unspecified atom stereocenters. The van der Waals surface area contributed by atoms with E-state index in [0.717, 1.165) is 63.2 Å². The SMILES string of the molecule is OCCCCCCCCOc1ccc(-c2ccc(OCCCCCCCCO)cc2)cc1. The zero-order valence-corrected chi connectivity index (χ0v) is 19.6. The molecule has 0 atom stereocenters. The van der Waals surface area contributed by atoms with E-state index in [2.05, 4.69) is 24.3 Å². The number of hydrogen-bond donors (Lipinski definition) is 2. The molecule has 0 aliphatic heterocycles. The van der Waals surface area contributed by atoms with E-state index < -0.39 is 0 Å². The third-order valence-electron chi connectivity index (χ3n) is 5.68. The number of ether oxygens (including phenoxy) is 2. The normalized spacial score (nSPS) is 10.9. The Hall–Kier alpha value is -2.04. The summed E-state index contributed by atoms with van der Waals surface area (Å²) in [5.74, 6) is 1.84. The Morgan fingerprint density at radius 1 is 0.406 bits per heavy atom. The molecule has 2 N–H and O–H groups in total. The molecule has 0 heterocycles. The number of rotatable bonds is 19. The van der Waals surface area contributed by atoms with Gasteiger partial charge in [0.05, 0.1) is 13.2 Å². The van der Waals surface area contributed by atoms with Crippen LogP contribution in [0.1, 0.15) is 77.0 Å². The Morgan fingerprint density at radius 3 is 1.06 bits per heavy atom. The van der Waals surface area contributed by atoms with Gasteiger partial charge in [-0.2, -0.15) is 0 Å². The Balaban J connectivity index is 1.61. The molecule has 0 bridgehead atoms. The third kappa shape index (κ3) is 11.5. The molecule has 4 heteroatoms. The molecule has 0 aliphatic rings. The van der Waals surface area contributed by atoms with Gasteiger partial charge in [0.1, 0.15) is 11.5 Å². The molecule has 2 aromatic carbocycles. The van der Waals surface area contributed by atoms with Crippen LogP contribution in [0.5, 0.6) is 11.5 Å². The van der Waals surface area contributed by atoms with E-state index in [1.54, 1.807) is 0 Å². The van der Waals surface area contributed by atoms with Crippen molar-refractivity contribution in [1.29, 1.82) is 0 Å². The summed E-state index contributed by atoms with van der Waals surface area (Å²) in [6.45, 7) is 2.14. The predicted octanol–water partition coefficient (Wildman–Crippen LogP) is 6.78. The Bertz CT molecular complexity index is 620. The van der Waals surface area contributed by atoms with Crippen LogP contribution in [0.3, 0.4) is 0 Å². The molecule has 32 heavy (non-hydrogen) atoms. The van der Waals surface area contributed by atoms with E-state index in [1.807, 2.05) is 24.3 Å². The first-order valence-electron chi connectivity index (χ1n) is 12.5. The smallest absolute Gasteiger partial charge is 0.119 e.